The minimum absolute atomic E-state index is 0.0809. The van der Waals surface area contributed by atoms with Crippen LogP contribution in [0.4, 0.5) is 10.1 Å². The van der Waals surface area contributed by atoms with Crippen molar-refractivity contribution in [1.29, 1.82) is 0 Å². The van der Waals surface area contributed by atoms with Crippen LogP contribution in [0.1, 0.15) is 24.8 Å². The molecule has 1 saturated heterocycles. The second-order valence-electron chi connectivity index (χ2n) is 6.50. The molecule has 0 aromatic heterocycles. The normalized spacial score (nSPS) is 20.0. The van der Waals surface area contributed by atoms with Gasteiger partial charge in [-0.1, -0.05) is 0 Å². The van der Waals surface area contributed by atoms with Gasteiger partial charge in [0.2, 0.25) is 11.8 Å². The van der Waals surface area contributed by atoms with Gasteiger partial charge in [0.25, 0.3) is 0 Å². The molecule has 140 valence electrons. The molecule has 3 rings (SSSR count). The van der Waals surface area contributed by atoms with Gasteiger partial charge in [-0.25, -0.2) is 4.39 Å². The van der Waals surface area contributed by atoms with E-state index in [2.05, 4.69) is 0 Å². The summed E-state index contributed by atoms with van der Waals surface area (Å²) in [6, 6.07) is 4.31. The van der Waals surface area contributed by atoms with Crippen molar-refractivity contribution in [2.45, 2.75) is 31.8 Å². The van der Waals surface area contributed by atoms with Gasteiger partial charge >= 0.3 is 5.97 Å². The number of hydrogen-bond acceptors (Lipinski definition) is 4. The van der Waals surface area contributed by atoms with Crippen molar-refractivity contribution >= 4 is 23.5 Å². The molecule has 2 heterocycles. The summed E-state index contributed by atoms with van der Waals surface area (Å²) in [5.41, 5.74) is 1.42. The van der Waals surface area contributed by atoms with Crippen molar-refractivity contribution in [3.63, 3.8) is 0 Å². The Hall–Kier alpha value is -2.48. The van der Waals surface area contributed by atoms with Gasteiger partial charge in [-0.2, -0.15) is 0 Å². The summed E-state index contributed by atoms with van der Waals surface area (Å²) in [5.74, 6) is -1.53. The lowest BCUT2D eigenvalue weighted by Gasteiger charge is -2.34. The van der Waals surface area contributed by atoms with Crippen molar-refractivity contribution in [3.8, 4) is 0 Å². The van der Waals surface area contributed by atoms with Crippen LogP contribution >= 0.6 is 0 Å². The standard InChI is InChI=1S/C18H21FN2O5/c19-13-2-3-15-12(9-13)1-4-17(23)21(15)6-5-16(22)20-7-8-26-14(11-20)10-18(24)25/h2-3,9,14H,1,4-8,10-11H2,(H,24,25)/t14-/m0/s1. The van der Waals surface area contributed by atoms with Crippen LogP contribution in [0.25, 0.3) is 0 Å². The number of carboxylic acids is 1. The van der Waals surface area contributed by atoms with Crippen molar-refractivity contribution in [3.05, 3.63) is 29.6 Å². The SMILES string of the molecule is O=C(O)C[C@H]1CN(C(=O)CCN2C(=O)CCc3cc(F)ccc32)CCO1. The van der Waals surface area contributed by atoms with Crippen LogP contribution in [-0.2, 0) is 25.5 Å². The van der Waals surface area contributed by atoms with Gasteiger partial charge in [0.15, 0.2) is 0 Å². The van der Waals surface area contributed by atoms with Gasteiger partial charge in [-0.15, -0.1) is 0 Å². The number of benzene rings is 1. The van der Waals surface area contributed by atoms with Crippen molar-refractivity contribution in [2.24, 2.45) is 0 Å². The van der Waals surface area contributed by atoms with Gasteiger partial charge in [-0.3, -0.25) is 14.4 Å². The van der Waals surface area contributed by atoms with Crippen LogP contribution in [0, 0.1) is 5.82 Å². The molecule has 1 fully saturated rings. The fourth-order valence-corrected chi connectivity index (χ4v) is 3.40. The molecule has 0 unspecified atom stereocenters. The maximum Gasteiger partial charge on any atom is 0.306 e. The zero-order valence-corrected chi connectivity index (χ0v) is 14.3. The Kier molecular flexibility index (Phi) is 5.51. The zero-order valence-electron chi connectivity index (χ0n) is 14.3. The fraction of sp³-hybridized carbons (Fsp3) is 0.500. The van der Waals surface area contributed by atoms with Crippen molar-refractivity contribution in [1.82, 2.24) is 4.90 Å². The first-order chi connectivity index (χ1) is 12.4. The van der Waals surface area contributed by atoms with Gasteiger partial charge in [0.1, 0.15) is 5.82 Å². The van der Waals surface area contributed by atoms with E-state index < -0.39 is 12.1 Å². The number of carbonyl (C=O) groups is 3. The molecule has 1 aromatic carbocycles. The average molecular weight is 364 g/mol. The number of aliphatic carboxylic acids is 1. The number of halogens is 1. The molecule has 1 N–H and O–H groups in total. The van der Waals surface area contributed by atoms with Crippen molar-refractivity contribution in [2.75, 3.05) is 31.1 Å². The number of morpholine rings is 1. The van der Waals surface area contributed by atoms with E-state index in [-0.39, 0.29) is 43.6 Å². The maximum absolute atomic E-state index is 13.4. The predicted octanol–water partition coefficient (Wildman–Crippen LogP) is 1.20. The largest absolute Gasteiger partial charge is 0.481 e. The Morgan fingerprint density at radius 1 is 1.31 bits per heavy atom. The second-order valence-corrected chi connectivity index (χ2v) is 6.50. The number of carboxylic acid groups (broad SMARTS) is 1. The third kappa shape index (κ3) is 4.19. The molecular formula is C18H21FN2O5. The first-order valence-corrected chi connectivity index (χ1v) is 8.64. The van der Waals surface area contributed by atoms with E-state index in [9.17, 15) is 18.8 Å². The lowest BCUT2D eigenvalue weighted by Crippen LogP contribution is -2.47. The average Bonchev–Trinajstić information content (AvgIpc) is 2.60. The first-order valence-electron chi connectivity index (χ1n) is 8.64. The van der Waals surface area contributed by atoms with Crippen molar-refractivity contribution < 1.29 is 28.6 Å². The number of nitrogens with zero attached hydrogens (tertiary/aromatic N) is 2. The predicted molar refractivity (Wildman–Crippen MR) is 90.3 cm³/mol. The van der Waals surface area contributed by atoms with Gasteiger partial charge in [0, 0.05) is 38.2 Å². The highest BCUT2D eigenvalue weighted by atomic mass is 19.1. The Bertz CT molecular complexity index is 724. The maximum atomic E-state index is 13.4. The second kappa shape index (κ2) is 7.82. The summed E-state index contributed by atoms with van der Waals surface area (Å²) in [6.07, 6.45) is 0.264. The molecule has 0 aliphatic carbocycles. The lowest BCUT2D eigenvalue weighted by molar-refractivity contribution is -0.147. The molecular weight excluding hydrogens is 343 g/mol. The number of aryl methyl sites for hydroxylation is 1. The highest BCUT2D eigenvalue weighted by Crippen LogP contribution is 2.28. The van der Waals surface area contributed by atoms with Crippen LogP contribution in [0.2, 0.25) is 0 Å². The molecule has 26 heavy (non-hydrogen) atoms. The van der Waals surface area contributed by atoms with E-state index in [1.54, 1.807) is 11.0 Å². The van der Waals surface area contributed by atoms with E-state index in [1.165, 1.54) is 17.0 Å². The molecule has 2 aliphatic rings. The number of rotatable bonds is 5. The quantitative estimate of drug-likeness (QED) is 0.848. The number of fused-ring (bicyclic) bond motifs is 1. The molecule has 1 aromatic rings. The van der Waals surface area contributed by atoms with E-state index in [1.807, 2.05) is 0 Å². The zero-order chi connectivity index (χ0) is 18.7. The summed E-state index contributed by atoms with van der Waals surface area (Å²) in [5, 5.41) is 8.85. The number of anilines is 1. The molecule has 7 nitrogen and oxygen atoms in total. The monoisotopic (exact) mass is 364 g/mol. The Labute approximate surface area is 150 Å². The molecule has 0 spiro atoms. The highest BCUT2D eigenvalue weighted by molar-refractivity contribution is 5.97. The molecule has 2 aliphatic heterocycles. The number of carbonyl (C=O) groups excluding carboxylic acids is 2. The Balaban J connectivity index is 1.61. The summed E-state index contributed by atoms with van der Waals surface area (Å²) >= 11 is 0. The molecule has 0 saturated carbocycles. The lowest BCUT2D eigenvalue weighted by atomic mass is 10.0. The smallest absolute Gasteiger partial charge is 0.306 e. The third-order valence-corrected chi connectivity index (χ3v) is 4.68. The Morgan fingerprint density at radius 2 is 2.12 bits per heavy atom. The Morgan fingerprint density at radius 3 is 2.88 bits per heavy atom. The van der Waals surface area contributed by atoms with Crippen LogP contribution in [0.3, 0.4) is 0 Å². The molecule has 0 bridgehead atoms. The molecule has 0 radical (unpaired) electrons. The van der Waals surface area contributed by atoms with Gasteiger partial charge in [-0.05, 0) is 30.2 Å². The molecule has 1 atom stereocenters. The highest BCUT2D eigenvalue weighted by Gasteiger charge is 2.28. The van der Waals surface area contributed by atoms with Crippen LogP contribution in [-0.4, -0.2) is 60.1 Å². The molecule has 2 amide bonds. The van der Waals surface area contributed by atoms with E-state index in [4.69, 9.17) is 9.84 Å². The fourth-order valence-electron chi connectivity index (χ4n) is 3.40. The van der Waals surface area contributed by atoms with E-state index >= 15 is 0 Å². The summed E-state index contributed by atoms with van der Waals surface area (Å²) in [6.45, 7) is 1.16. The topological polar surface area (TPSA) is 87.2 Å². The molecule has 8 heteroatoms. The van der Waals surface area contributed by atoms with Gasteiger partial charge < -0.3 is 19.6 Å². The van der Waals surface area contributed by atoms with Crippen LogP contribution in [0.15, 0.2) is 18.2 Å². The van der Waals surface area contributed by atoms with Crippen LogP contribution < -0.4 is 4.90 Å². The first kappa shape index (κ1) is 18.3. The number of hydrogen-bond donors (Lipinski definition) is 1. The summed E-state index contributed by atoms with van der Waals surface area (Å²) in [4.78, 5) is 38.6. The van der Waals surface area contributed by atoms with Crippen LogP contribution in [0.5, 0.6) is 0 Å². The minimum atomic E-state index is -0.966. The van der Waals surface area contributed by atoms with Gasteiger partial charge in [0.05, 0.1) is 19.1 Å². The van der Waals surface area contributed by atoms with E-state index in [0.717, 1.165) is 5.56 Å². The summed E-state index contributed by atoms with van der Waals surface area (Å²) < 4.78 is 18.7. The summed E-state index contributed by atoms with van der Waals surface area (Å²) in [7, 11) is 0. The number of amides is 2. The van der Waals surface area contributed by atoms with E-state index in [0.29, 0.717) is 31.7 Å². The number of ether oxygens (including phenoxy) is 1. The minimum Gasteiger partial charge on any atom is -0.481 e. The third-order valence-electron chi connectivity index (χ3n) is 4.68.